The lowest BCUT2D eigenvalue weighted by molar-refractivity contribution is -0.00185. The first kappa shape index (κ1) is 32.0. The van der Waals surface area contributed by atoms with E-state index in [1.807, 2.05) is 0 Å². The summed E-state index contributed by atoms with van der Waals surface area (Å²) in [5.74, 6) is 4.18. The lowest BCUT2D eigenvalue weighted by Crippen LogP contribution is -2.43. The van der Waals surface area contributed by atoms with Gasteiger partial charge in [-0.25, -0.2) is 0 Å². The van der Waals surface area contributed by atoms with Crippen molar-refractivity contribution in [1.82, 2.24) is 0 Å². The molecule has 0 aliphatic heterocycles. The van der Waals surface area contributed by atoms with Crippen molar-refractivity contribution in [2.45, 2.75) is 38.0 Å². The van der Waals surface area contributed by atoms with Gasteiger partial charge in [0.05, 0.1) is 0 Å². The summed E-state index contributed by atoms with van der Waals surface area (Å²) in [4.78, 5) is 0. The molecule has 1 heteroatoms. The van der Waals surface area contributed by atoms with E-state index >= 15 is 0 Å². The molecule has 0 spiro atoms. The molecule has 272 valence electrons. The van der Waals surface area contributed by atoms with Crippen LogP contribution >= 0.6 is 0 Å². The monoisotopic (exact) mass is 730 g/mol. The van der Waals surface area contributed by atoms with Gasteiger partial charge >= 0.3 is 0 Å². The fourth-order valence-electron chi connectivity index (χ4n) is 12.8. The number of furan rings is 1. The molecule has 4 aliphatic carbocycles. The fourth-order valence-corrected chi connectivity index (χ4v) is 12.8. The molecule has 57 heavy (non-hydrogen) atoms. The highest BCUT2D eigenvalue weighted by molar-refractivity contribution is 6.27. The lowest BCUT2D eigenvalue weighted by Gasteiger charge is -2.55. The van der Waals surface area contributed by atoms with E-state index in [2.05, 4.69) is 164 Å². The molecule has 0 radical (unpaired) electrons. The van der Waals surface area contributed by atoms with Crippen molar-refractivity contribution in [3.63, 3.8) is 0 Å². The predicted molar refractivity (Wildman–Crippen MR) is 240 cm³/mol. The van der Waals surface area contributed by atoms with E-state index in [-0.39, 0.29) is 0 Å². The van der Waals surface area contributed by atoms with Gasteiger partial charge in [0.15, 0.2) is 0 Å². The minimum absolute atomic E-state index is 0.646. The number of hydrogen-bond donors (Lipinski definition) is 0. The van der Waals surface area contributed by atoms with E-state index < -0.39 is 0 Å². The van der Waals surface area contributed by atoms with Gasteiger partial charge in [-0.2, -0.15) is 0 Å². The molecule has 0 N–H and O–H groups in total. The van der Waals surface area contributed by atoms with Crippen LogP contribution in [0.5, 0.6) is 0 Å². The highest BCUT2D eigenvalue weighted by atomic mass is 16.3. The summed E-state index contributed by atoms with van der Waals surface area (Å²) >= 11 is 0. The van der Waals surface area contributed by atoms with Crippen molar-refractivity contribution in [3.8, 4) is 33.4 Å². The Morgan fingerprint density at radius 3 is 1.37 bits per heavy atom. The summed E-state index contributed by atoms with van der Waals surface area (Å²) in [6.45, 7) is 0. The molecular formula is C56H42O. The molecule has 0 unspecified atom stereocenters. The lowest BCUT2D eigenvalue weighted by atomic mass is 9.50. The van der Waals surface area contributed by atoms with Gasteiger partial charge in [-0.15, -0.1) is 0 Å². The van der Waals surface area contributed by atoms with Crippen LogP contribution in [-0.2, 0) is 0 Å². The molecule has 4 aliphatic rings. The Labute approximate surface area is 332 Å². The number of benzene rings is 9. The summed E-state index contributed by atoms with van der Waals surface area (Å²) in [6.07, 6.45) is 7.17. The molecule has 1 aromatic heterocycles. The highest BCUT2D eigenvalue weighted by Crippen LogP contribution is 2.62. The van der Waals surface area contributed by atoms with Gasteiger partial charge in [0.25, 0.3) is 0 Å². The predicted octanol–water partition coefficient (Wildman–Crippen LogP) is 15.7. The maximum Gasteiger partial charge on any atom is 0.143 e. The van der Waals surface area contributed by atoms with Gasteiger partial charge in [-0.1, -0.05) is 158 Å². The minimum Gasteiger partial charge on any atom is -0.455 e. The van der Waals surface area contributed by atoms with E-state index in [0.717, 1.165) is 45.8 Å². The van der Waals surface area contributed by atoms with E-state index in [4.69, 9.17) is 4.42 Å². The third-order valence-electron chi connectivity index (χ3n) is 14.6. The van der Waals surface area contributed by atoms with Gasteiger partial charge < -0.3 is 4.42 Å². The number of fused-ring (bicyclic) bond motifs is 7. The number of para-hydroxylation sites is 1. The first-order valence-electron chi connectivity index (χ1n) is 21.2. The Balaban J connectivity index is 1.09. The molecule has 9 aromatic carbocycles. The average Bonchev–Trinajstić information content (AvgIpc) is 3.65. The van der Waals surface area contributed by atoms with E-state index in [1.165, 1.54) is 108 Å². The maximum absolute atomic E-state index is 7.12. The zero-order valence-corrected chi connectivity index (χ0v) is 31.9. The summed E-state index contributed by atoms with van der Waals surface area (Å²) in [5.41, 5.74) is 11.0. The van der Waals surface area contributed by atoms with Crippen LogP contribution in [0.2, 0.25) is 0 Å². The molecule has 0 amide bonds. The largest absolute Gasteiger partial charge is 0.455 e. The Hall–Kier alpha value is -6.18. The topological polar surface area (TPSA) is 13.1 Å². The zero-order chi connectivity index (χ0) is 37.2. The Morgan fingerprint density at radius 2 is 0.789 bits per heavy atom. The van der Waals surface area contributed by atoms with Crippen molar-refractivity contribution in [1.29, 1.82) is 0 Å². The van der Waals surface area contributed by atoms with Crippen LogP contribution in [0.4, 0.5) is 0 Å². The first-order chi connectivity index (χ1) is 28.3. The smallest absolute Gasteiger partial charge is 0.143 e. The third kappa shape index (κ3) is 4.57. The summed E-state index contributed by atoms with van der Waals surface area (Å²) in [5, 5.41) is 13.0. The quantitative estimate of drug-likeness (QED) is 0.164. The molecule has 4 bridgehead atoms. The van der Waals surface area contributed by atoms with Crippen molar-refractivity contribution in [2.24, 2.45) is 23.7 Å². The van der Waals surface area contributed by atoms with Crippen LogP contribution in [0.25, 0.3) is 98.4 Å². The Bertz CT molecular complexity index is 3110. The van der Waals surface area contributed by atoms with E-state index in [9.17, 15) is 0 Å². The molecule has 10 aromatic rings. The summed E-state index contributed by atoms with van der Waals surface area (Å²) < 4.78 is 7.12. The van der Waals surface area contributed by atoms with E-state index in [0.29, 0.717) is 5.92 Å². The second-order valence-electron chi connectivity index (χ2n) is 17.5. The second kappa shape index (κ2) is 12.2. The molecule has 1 nitrogen and oxygen atoms in total. The van der Waals surface area contributed by atoms with Crippen LogP contribution in [-0.4, -0.2) is 0 Å². The van der Waals surface area contributed by atoms with Crippen molar-refractivity contribution in [2.75, 3.05) is 0 Å². The average molecular weight is 731 g/mol. The molecule has 0 atom stereocenters. The maximum atomic E-state index is 7.12. The van der Waals surface area contributed by atoms with Crippen LogP contribution in [0, 0.1) is 23.7 Å². The standard InChI is InChI=1S/C56H42O/c1-2-14-35(15-3-1)51-38-16-4-6-18-40(38)53(41-19-7-5-17-39(41)51)47-25-12-26-48-54-46(24-13-27-49(54)57-56(47)48)52-42-20-8-10-22-44(42)55(45-23-11-9-21-43(45)52)50-36-29-33-28-34(31-36)32-37(50)30-33/h1-27,33-34,36-37,50H,28-32H2. The highest BCUT2D eigenvalue weighted by Gasteiger charge is 2.49. The zero-order valence-electron chi connectivity index (χ0n) is 31.9. The molecule has 4 fully saturated rings. The molecule has 1 heterocycles. The van der Waals surface area contributed by atoms with Gasteiger partial charge in [0.1, 0.15) is 11.2 Å². The minimum atomic E-state index is 0.646. The first-order valence-corrected chi connectivity index (χ1v) is 21.2. The number of hydrogen-bond acceptors (Lipinski definition) is 1. The summed E-state index contributed by atoms with van der Waals surface area (Å²) in [7, 11) is 0. The molecular weight excluding hydrogens is 689 g/mol. The molecule has 0 saturated heterocycles. The Morgan fingerprint density at radius 1 is 0.351 bits per heavy atom. The SMILES string of the molecule is c1ccc(-c2c3ccccc3c(-c3cccc4c3oc3cccc(-c5c6ccccc6c(C6C7CC8CC(C7)CC6C8)c6ccccc56)c34)c3ccccc23)cc1. The van der Waals surface area contributed by atoms with Crippen LogP contribution in [0.1, 0.15) is 43.6 Å². The second-order valence-corrected chi connectivity index (χ2v) is 17.5. The van der Waals surface area contributed by atoms with Gasteiger partial charge in [0, 0.05) is 21.9 Å². The molecule has 14 rings (SSSR count). The van der Waals surface area contributed by atoms with Crippen LogP contribution < -0.4 is 0 Å². The van der Waals surface area contributed by atoms with Crippen LogP contribution in [0.15, 0.2) is 168 Å². The van der Waals surface area contributed by atoms with Gasteiger partial charge in [-0.05, 0) is 139 Å². The molecule has 4 saturated carbocycles. The van der Waals surface area contributed by atoms with Crippen molar-refractivity contribution in [3.05, 3.63) is 169 Å². The van der Waals surface area contributed by atoms with Gasteiger partial charge in [0.2, 0.25) is 0 Å². The number of rotatable bonds is 4. The van der Waals surface area contributed by atoms with Gasteiger partial charge in [-0.3, -0.25) is 0 Å². The van der Waals surface area contributed by atoms with E-state index in [1.54, 1.807) is 5.56 Å². The summed E-state index contributed by atoms with van der Waals surface area (Å²) in [6, 6.07) is 60.9. The normalized spacial score (nSPS) is 21.5. The van der Waals surface area contributed by atoms with Crippen molar-refractivity contribution >= 4 is 65.0 Å². The Kier molecular flexibility index (Phi) is 6.82. The fraction of sp³-hybridized carbons (Fsp3) is 0.179. The van der Waals surface area contributed by atoms with Crippen molar-refractivity contribution < 1.29 is 4.42 Å². The third-order valence-corrected chi connectivity index (χ3v) is 14.6. The van der Waals surface area contributed by atoms with Crippen LogP contribution in [0.3, 0.4) is 0 Å².